The van der Waals surface area contributed by atoms with Crippen molar-refractivity contribution >= 4 is 28.8 Å². The summed E-state index contributed by atoms with van der Waals surface area (Å²) in [5.74, 6) is 0. The van der Waals surface area contributed by atoms with Gasteiger partial charge in [-0.3, -0.25) is 0 Å². The number of halogens is 1. The first-order valence-electron chi connectivity index (χ1n) is 7.30. The number of aromatic nitrogens is 3. The number of alkyl halides is 1. The Morgan fingerprint density at radius 1 is 1.38 bits per heavy atom. The second-order valence-electron chi connectivity index (χ2n) is 4.74. The van der Waals surface area contributed by atoms with E-state index in [1.165, 1.54) is 6.33 Å². The van der Waals surface area contributed by atoms with E-state index in [-0.39, 0.29) is 11.2 Å². The first-order chi connectivity index (χ1) is 10.0. The van der Waals surface area contributed by atoms with Crippen molar-refractivity contribution in [3.63, 3.8) is 0 Å². The lowest BCUT2D eigenvalue weighted by Gasteiger charge is -2.20. The highest BCUT2D eigenvalue weighted by Crippen LogP contribution is 2.19. The Labute approximate surface area is 134 Å². The summed E-state index contributed by atoms with van der Waals surface area (Å²) >= 11 is 4.54. The van der Waals surface area contributed by atoms with Crippen LogP contribution in [0.25, 0.3) is 0 Å². The Kier molecular flexibility index (Phi) is 8.06. The Morgan fingerprint density at radius 3 is 2.52 bits per heavy atom. The summed E-state index contributed by atoms with van der Waals surface area (Å²) in [6, 6.07) is -0.240. The molecule has 0 bridgehead atoms. The van der Waals surface area contributed by atoms with Gasteiger partial charge in [0.05, 0.1) is 0 Å². The average Bonchev–Trinajstić information content (AvgIpc) is 2.95. The Morgan fingerprint density at radius 2 is 2.00 bits per heavy atom. The van der Waals surface area contributed by atoms with Crippen LogP contribution >= 0.6 is 11.6 Å². The van der Waals surface area contributed by atoms with Crippen LogP contribution in [-0.2, 0) is 11.2 Å². The third kappa shape index (κ3) is 5.16. The maximum atomic E-state index is 12.3. The highest BCUT2D eigenvalue weighted by atomic mass is 35.5. The molecule has 1 amide bonds. The number of carbonyl (C=O) groups is 1. The van der Waals surface area contributed by atoms with Gasteiger partial charge in [-0.1, -0.05) is 43.9 Å². The van der Waals surface area contributed by atoms with Crippen LogP contribution in [0, 0.1) is 0 Å². The predicted molar refractivity (Wildman–Crippen MR) is 83.9 cm³/mol. The third-order valence-electron chi connectivity index (χ3n) is 2.85. The molecule has 0 aromatic carbocycles. The molecule has 1 rings (SSSR count). The summed E-state index contributed by atoms with van der Waals surface area (Å²) in [7, 11) is 0. The average molecular weight is 335 g/mol. The fourth-order valence-electron chi connectivity index (χ4n) is 1.87. The molecule has 0 aliphatic rings. The zero-order valence-corrected chi connectivity index (χ0v) is 14.4. The lowest BCUT2D eigenvalue weighted by atomic mass is 10.4. The maximum Gasteiger partial charge on any atom is 0.363 e. The van der Waals surface area contributed by atoms with E-state index in [9.17, 15) is 9.35 Å². The molecular formula is C13H23ClN4O2S. The molecule has 8 heteroatoms. The van der Waals surface area contributed by atoms with E-state index >= 15 is 0 Å². The molecule has 1 aromatic heterocycles. The lowest BCUT2D eigenvalue weighted by Crippen LogP contribution is -2.36. The van der Waals surface area contributed by atoms with Gasteiger partial charge < -0.3 is 9.45 Å². The number of rotatable bonds is 8. The zero-order chi connectivity index (χ0) is 15.8. The fraction of sp³-hybridized carbons (Fsp3) is 0.769. The van der Waals surface area contributed by atoms with Gasteiger partial charge in [-0.15, -0.1) is 0 Å². The highest BCUT2D eigenvalue weighted by molar-refractivity contribution is 7.93. The van der Waals surface area contributed by atoms with Crippen molar-refractivity contribution in [2.45, 2.75) is 56.3 Å². The van der Waals surface area contributed by atoms with Crippen molar-refractivity contribution in [3.8, 4) is 0 Å². The smallest absolute Gasteiger partial charge is 0.363 e. The van der Waals surface area contributed by atoms with Crippen LogP contribution in [0.15, 0.2) is 11.5 Å². The summed E-state index contributed by atoms with van der Waals surface area (Å²) in [5, 5.41) is 4.14. The SMILES string of the molecule is CCCC(Cl)[S+]([O-])c1ncn(C(=O)N(CCC)CCC)n1. The zero-order valence-electron chi connectivity index (χ0n) is 12.8. The minimum Gasteiger partial charge on any atom is -0.608 e. The van der Waals surface area contributed by atoms with E-state index in [0.717, 1.165) is 23.9 Å². The lowest BCUT2D eigenvalue weighted by molar-refractivity contribution is 0.196. The number of amides is 1. The van der Waals surface area contributed by atoms with E-state index < -0.39 is 15.9 Å². The molecule has 1 heterocycles. The van der Waals surface area contributed by atoms with Crippen molar-refractivity contribution in [2.24, 2.45) is 0 Å². The van der Waals surface area contributed by atoms with Crippen LogP contribution in [-0.4, -0.2) is 48.0 Å². The Bertz CT molecular complexity index is 438. The van der Waals surface area contributed by atoms with E-state index in [4.69, 9.17) is 11.6 Å². The van der Waals surface area contributed by atoms with Gasteiger partial charge >= 0.3 is 11.2 Å². The first kappa shape index (κ1) is 18.3. The van der Waals surface area contributed by atoms with Crippen LogP contribution in [0.4, 0.5) is 4.79 Å². The molecule has 0 aliphatic carbocycles. The largest absolute Gasteiger partial charge is 0.608 e. The molecule has 21 heavy (non-hydrogen) atoms. The molecule has 0 spiro atoms. The molecule has 2 unspecified atom stereocenters. The van der Waals surface area contributed by atoms with Crippen molar-refractivity contribution in [1.82, 2.24) is 19.7 Å². The molecule has 0 aliphatic heterocycles. The van der Waals surface area contributed by atoms with E-state index in [1.54, 1.807) is 4.90 Å². The second kappa shape index (κ2) is 9.27. The third-order valence-corrected chi connectivity index (χ3v) is 4.80. The minimum atomic E-state index is -1.49. The number of hydrogen-bond donors (Lipinski definition) is 0. The quantitative estimate of drug-likeness (QED) is 0.541. The summed E-state index contributed by atoms with van der Waals surface area (Å²) in [4.78, 5) is 18.0. The highest BCUT2D eigenvalue weighted by Gasteiger charge is 2.27. The topological polar surface area (TPSA) is 74.1 Å². The van der Waals surface area contributed by atoms with Gasteiger partial charge in [0.25, 0.3) is 0 Å². The van der Waals surface area contributed by atoms with E-state index in [0.29, 0.717) is 19.5 Å². The van der Waals surface area contributed by atoms with Gasteiger partial charge in [0.1, 0.15) is 6.33 Å². The van der Waals surface area contributed by atoms with Crippen molar-refractivity contribution < 1.29 is 9.35 Å². The van der Waals surface area contributed by atoms with Gasteiger partial charge in [-0.2, -0.15) is 9.67 Å². The molecule has 120 valence electrons. The van der Waals surface area contributed by atoms with Gasteiger partial charge in [-0.25, -0.2) is 4.79 Å². The maximum absolute atomic E-state index is 12.3. The molecular weight excluding hydrogens is 312 g/mol. The van der Waals surface area contributed by atoms with Gasteiger partial charge in [0.15, 0.2) is 4.71 Å². The van der Waals surface area contributed by atoms with Gasteiger partial charge in [0, 0.05) is 30.7 Å². The molecule has 0 N–H and O–H groups in total. The Hall–Kier alpha value is -0.790. The summed E-state index contributed by atoms with van der Waals surface area (Å²) in [6.07, 6.45) is 4.51. The standard InChI is InChI=1S/C13H23ClN4O2S/c1-4-7-11(14)21(20)12-15-10-18(16-12)13(19)17(8-5-2)9-6-3/h10-11H,4-9H2,1-3H3. The van der Waals surface area contributed by atoms with Crippen LogP contribution < -0.4 is 0 Å². The first-order valence-corrected chi connectivity index (χ1v) is 8.95. The second-order valence-corrected chi connectivity index (χ2v) is 7.05. The van der Waals surface area contributed by atoms with Crippen molar-refractivity contribution in [1.29, 1.82) is 0 Å². The molecule has 0 saturated heterocycles. The van der Waals surface area contributed by atoms with Crippen molar-refractivity contribution in [2.75, 3.05) is 13.1 Å². The molecule has 0 fully saturated rings. The predicted octanol–water partition coefficient (Wildman–Crippen LogP) is 2.84. The molecule has 0 saturated carbocycles. The normalized spacial score (nSPS) is 14.0. The van der Waals surface area contributed by atoms with E-state index in [1.807, 2.05) is 20.8 Å². The van der Waals surface area contributed by atoms with Crippen LogP contribution in [0.1, 0.15) is 46.5 Å². The Balaban J connectivity index is 2.79. The number of nitrogens with zero attached hydrogens (tertiary/aromatic N) is 4. The van der Waals surface area contributed by atoms with Crippen molar-refractivity contribution in [3.05, 3.63) is 6.33 Å². The summed E-state index contributed by atoms with van der Waals surface area (Å²) in [5.41, 5.74) is 0. The molecule has 6 nitrogen and oxygen atoms in total. The van der Waals surface area contributed by atoms with Gasteiger partial charge in [0.2, 0.25) is 0 Å². The molecule has 2 atom stereocenters. The monoisotopic (exact) mass is 334 g/mol. The molecule has 1 aromatic rings. The fourth-order valence-corrected chi connectivity index (χ4v) is 3.32. The molecule has 0 radical (unpaired) electrons. The van der Waals surface area contributed by atoms with Gasteiger partial charge in [-0.05, 0) is 12.8 Å². The minimum absolute atomic E-state index is 0.116. The van der Waals surface area contributed by atoms with Crippen LogP contribution in [0.5, 0.6) is 0 Å². The number of hydrogen-bond acceptors (Lipinski definition) is 4. The van der Waals surface area contributed by atoms with E-state index in [2.05, 4.69) is 10.1 Å². The summed E-state index contributed by atoms with van der Waals surface area (Å²) < 4.78 is 12.7. The summed E-state index contributed by atoms with van der Waals surface area (Å²) in [6.45, 7) is 7.33. The van der Waals surface area contributed by atoms with Crippen LogP contribution in [0.2, 0.25) is 0 Å². The number of carbonyl (C=O) groups excluding carboxylic acids is 1. The van der Waals surface area contributed by atoms with Crippen LogP contribution in [0.3, 0.4) is 0 Å².